The third kappa shape index (κ3) is 13.1. The second-order valence-electron chi connectivity index (χ2n) is 9.56. The van der Waals surface area contributed by atoms with E-state index in [1.807, 2.05) is 42.5 Å². The van der Waals surface area contributed by atoms with Crippen molar-refractivity contribution in [3.63, 3.8) is 0 Å². The predicted molar refractivity (Wildman–Crippen MR) is 144 cm³/mol. The van der Waals surface area contributed by atoms with E-state index >= 15 is 0 Å². The maximum Gasteiger partial charge on any atom is 0.323 e. The summed E-state index contributed by atoms with van der Waals surface area (Å²) in [6.07, 6.45) is 7.67. The van der Waals surface area contributed by atoms with Crippen molar-refractivity contribution in [3.8, 4) is 0 Å². The average Bonchev–Trinajstić information content (AvgIpc) is 2.88. The lowest BCUT2D eigenvalue weighted by Crippen LogP contribution is -2.37. The molecule has 2 aromatic rings. The van der Waals surface area contributed by atoms with Gasteiger partial charge in [0.15, 0.2) is 0 Å². The van der Waals surface area contributed by atoms with Crippen molar-refractivity contribution in [2.45, 2.75) is 96.3 Å². The molecule has 2 atom stereocenters. The average molecular weight is 511 g/mol. The van der Waals surface area contributed by atoms with Crippen molar-refractivity contribution >= 4 is 17.8 Å². The van der Waals surface area contributed by atoms with Crippen LogP contribution in [0.25, 0.3) is 0 Å². The van der Waals surface area contributed by atoms with Crippen molar-refractivity contribution < 1.29 is 23.9 Å². The first-order valence-electron chi connectivity index (χ1n) is 13.4. The largest absolute Gasteiger partial charge is 0.461 e. The molecule has 202 valence electrons. The molecule has 2 rings (SSSR count). The molecule has 0 saturated heterocycles. The van der Waals surface area contributed by atoms with E-state index in [1.54, 1.807) is 0 Å². The third-order valence-corrected chi connectivity index (χ3v) is 6.21. The minimum absolute atomic E-state index is 0.0799. The van der Waals surface area contributed by atoms with Crippen LogP contribution < -0.4 is 11.5 Å². The summed E-state index contributed by atoms with van der Waals surface area (Å²) < 4.78 is 10.8. The molecule has 7 heteroatoms. The zero-order valence-electron chi connectivity index (χ0n) is 22.0. The van der Waals surface area contributed by atoms with Gasteiger partial charge in [0.2, 0.25) is 5.91 Å². The number of carbonyl (C=O) groups is 3. The lowest BCUT2D eigenvalue weighted by atomic mass is 10.0. The van der Waals surface area contributed by atoms with Crippen LogP contribution in [-0.4, -0.2) is 30.0 Å². The van der Waals surface area contributed by atoms with E-state index in [4.69, 9.17) is 20.9 Å². The maximum atomic E-state index is 12.5. The molecule has 0 spiro atoms. The normalized spacial score (nSPS) is 12.5. The molecule has 4 N–H and O–H groups in total. The summed E-state index contributed by atoms with van der Waals surface area (Å²) in [6.45, 7) is 2.42. The lowest BCUT2D eigenvalue weighted by molar-refractivity contribution is -0.152. The highest BCUT2D eigenvalue weighted by Gasteiger charge is 2.22. The highest BCUT2D eigenvalue weighted by Crippen LogP contribution is 2.15. The van der Waals surface area contributed by atoms with Crippen LogP contribution in [0.15, 0.2) is 54.6 Å². The Bertz CT molecular complexity index is 946. The third-order valence-electron chi connectivity index (χ3n) is 6.21. The topological polar surface area (TPSA) is 122 Å². The summed E-state index contributed by atoms with van der Waals surface area (Å²) in [5, 5.41) is 0. The number of esters is 2. The van der Waals surface area contributed by atoms with E-state index in [2.05, 4.69) is 19.1 Å². The molecular weight excluding hydrogens is 468 g/mol. The second kappa shape index (κ2) is 17.3. The Balaban J connectivity index is 1.75. The number of primary amides is 1. The van der Waals surface area contributed by atoms with Gasteiger partial charge in [-0.1, -0.05) is 87.2 Å². The Hall–Kier alpha value is -3.19. The molecular formula is C30H42N2O5. The fraction of sp³-hybridized carbons (Fsp3) is 0.500. The van der Waals surface area contributed by atoms with E-state index in [1.165, 1.54) is 37.7 Å². The molecule has 0 bridgehead atoms. The second-order valence-corrected chi connectivity index (χ2v) is 9.56. The van der Waals surface area contributed by atoms with E-state index in [0.717, 1.165) is 17.5 Å². The highest BCUT2D eigenvalue weighted by molar-refractivity contribution is 5.78. The number of carbonyl (C=O) groups excluding carboxylic acids is 3. The number of amides is 1. The lowest BCUT2D eigenvalue weighted by Gasteiger charge is -2.19. The Kier molecular flexibility index (Phi) is 14.0. The Morgan fingerprint density at radius 3 is 2.19 bits per heavy atom. The van der Waals surface area contributed by atoms with Gasteiger partial charge in [0, 0.05) is 12.8 Å². The summed E-state index contributed by atoms with van der Waals surface area (Å²) >= 11 is 0. The fourth-order valence-corrected chi connectivity index (χ4v) is 4.06. The predicted octanol–water partition coefficient (Wildman–Crippen LogP) is 4.77. The van der Waals surface area contributed by atoms with Gasteiger partial charge in [-0.05, 0) is 42.4 Å². The van der Waals surface area contributed by atoms with Gasteiger partial charge in [-0.2, -0.15) is 0 Å². The van der Waals surface area contributed by atoms with Crippen LogP contribution in [0.4, 0.5) is 0 Å². The Morgan fingerprint density at radius 1 is 0.838 bits per heavy atom. The zero-order valence-corrected chi connectivity index (χ0v) is 22.0. The van der Waals surface area contributed by atoms with Gasteiger partial charge in [-0.25, -0.2) is 0 Å². The highest BCUT2D eigenvalue weighted by atomic mass is 16.5. The molecule has 0 aliphatic rings. The molecule has 0 fully saturated rings. The van der Waals surface area contributed by atoms with Crippen LogP contribution in [-0.2, 0) is 43.3 Å². The van der Waals surface area contributed by atoms with Gasteiger partial charge in [-0.15, -0.1) is 0 Å². The van der Waals surface area contributed by atoms with E-state index in [9.17, 15) is 14.4 Å². The minimum atomic E-state index is -0.896. The molecule has 7 nitrogen and oxygen atoms in total. The quantitative estimate of drug-likeness (QED) is 0.220. The number of unbranched alkanes of at least 4 members (excludes halogenated alkanes) is 4. The number of hydrogen-bond donors (Lipinski definition) is 2. The van der Waals surface area contributed by atoms with Crippen molar-refractivity contribution in [1.82, 2.24) is 0 Å². The molecule has 0 aromatic heterocycles. The number of hydrogen-bond acceptors (Lipinski definition) is 6. The van der Waals surface area contributed by atoms with Crippen molar-refractivity contribution in [2.75, 3.05) is 0 Å². The summed E-state index contributed by atoms with van der Waals surface area (Å²) in [4.78, 5) is 36.1. The molecule has 0 radical (unpaired) electrons. The van der Waals surface area contributed by atoms with Crippen molar-refractivity contribution in [1.29, 1.82) is 0 Å². The van der Waals surface area contributed by atoms with E-state index in [-0.39, 0.29) is 31.8 Å². The minimum Gasteiger partial charge on any atom is -0.461 e. The maximum absolute atomic E-state index is 12.5. The molecule has 1 amide bonds. The monoisotopic (exact) mass is 510 g/mol. The first-order valence-corrected chi connectivity index (χ1v) is 13.4. The molecule has 0 heterocycles. The summed E-state index contributed by atoms with van der Waals surface area (Å²) in [6, 6.07) is 16.7. The Morgan fingerprint density at radius 2 is 1.51 bits per heavy atom. The van der Waals surface area contributed by atoms with Gasteiger partial charge >= 0.3 is 11.9 Å². The number of ether oxygens (including phenoxy) is 2. The van der Waals surface area contributed by atoms with Gasteiger partial charge in [0.1, 0.15) is 18.8 Å². The zero-order chi connectivity index (χ0) is 26.9. The van der Waals surface area contributed by atoms with Gasteiger partial charge in [-0.3, -0.25) is 14.4 Å². The molecule has 0 saturated carbocycles. The molecule has 0 aliphatic carbocycles. The van der Waals surface area contributed by atoms with Crippen LogP contribution in [0.3, 0.4) is 0 Å². The first-order chi connectivity index (χ1) is 17.9. The van der Waals surface area contributed by atoms with Crippen LogP contribution in [0.2, 0.25) is 0 Å². The van der Waals surface area contributed by atoms with Gasteiger partial charge in [0.25, 0.3) is 0 Å². The number of rotatable bonds is 18. The SMILES string of the molecule is CCCCCCCc1ccc(C[C@@H](CC(N)=O)OC(=O)[C@@H](N)CCCC(=O)OCc2ccccc2)cc1. The molecule has 2 aromatic carbocycles. The van der Waals surface area contributed by atoms with Crippen molar-refractivity contribution in [3.05, 3.63) is 71.3 Å². The fourth-order valence-electron chi connectivity index (χ4n) is 4.06. The van der Waals surface area contributed by atoms with Crippen LogP contribution in [0, 0.1) is 0 Å². The van der Waals surface area contributed by atoms with Crippen LogP contribution in [0.5, 0.6) is 0 Å². The van der Waals surface area contributed by atoms with E-state index < -0.39 is 24.0 Å². The summed E-state index contributed by atoms with van der Waals surface area (Å²) in [7, 11) is 0. The standard InChI is InChI=1S/C30H42N2O5/c1-2-3-4-5-7-11-23-16-18-24(19-17-23)20-26(21-28(32)33)37-30(35)27(31)14-10-15-29(34)36-22-25-12-8-6-9-13-25/h6,8-9,12-13,16-19,26-27H,2-5,7,10-11,14-15,20-22,31H2,1H3,(H2,32,33)/t26-,27-/m0/s1. The number of aryl methyl sites for hydroxylation is 1. The molecule has 0 aliphatic heterocycles. The number of nitrogens with two attached hydrogens (primary N) is 2. The molecule has 0 unspecified atom stereocenters. The Labute approximate surface area is 220 Å². The van der Waals surface area contributed by atoms with Crippen LogP contribution >= 0.6 is 0 Å². The van der Waals surface area contributed by atoms with Crippen molar-refractivity contribution in [2.24, 2.45) is 11.5 Å². The van der Waals surface area contributed by atoms with Gasteiger partial charge in [0.05, 0.1) is 6.42 Å². The summed E-state index contributed by atoms with van der Waals surface area (Å²) in [5.74, 6) is -1.50. The van der Waals surface area contributed by atoms with E-state index in [0.29, 0.717) is 12.8 Å². The summed E-state index contributed by atoms with van der Waals surface area (Å²) in [5.41, 5.74) is 14.5. The smallest absolute Gasteiger partial charge is 0.323 e. The number of benzene rings is 2. The first kappa shape index (κ1) is 30.0. The molecule has 37 heavy (non-hydrogen) atoms. The van der Waals surface area contributed by atoms with Gasteiger partial charge < -0.3 is 20.9 Å². The van der Waals surface area contributed by atoms with Crippen LogP contribution in [0.1, 0.15) is 81.4 Å².